The Kier molecular flexibility index (Phi) is 7.92. The Labute approximate surface area is 133 Å². The highest BCUT2D eigenvalue weighted by Gasteiger charge is 2.31. The fourth-order valence-corrected chi connectivity index (χ4v) is 3.27. The molecule has 1 aromatic heterocycles. The van der Waals surface area contributed by atoms with Crippen LogP contribution in [0.15, 0.2) is 18.3 Å². The predicted molar refractivity (Wildman–Crippen MR) is 86.0 cm³/mol. The van der Waals surface area contributed by atoms with Gasteiger partial charge in [-0.15, -0.1) is 24.8 Å². The van der Waals surface area contributed by atoms with Crippen LogP contribution in [0.25, 0.3) is 0 Å². The van der Waals surface area contributed by atoms with Crippen LogP contribution in [-0.4, -0.2) is 49.3 Å². The lowest BCUT2D eigenvalue weighted by atomic mass is 9.88. The van der Waals surface area contributed by atoms with E-state index in [2.05, 4.69) is 27.3 Å². The van der Waals surface area contributed by atoms with Gasteiger partial charge in [0.25, 0.3) is 0 Å². The van der Waals surface area contributed by atoms with Crippen molar-refractivity contribution in [2.24, 2.45) is 5.92 Å². The summed E-state index contributed by atoms with van der Waals surface area (Å²) >= 11 is 0. The molecular weight excluding hydrogens is 297 g/mol. The van der Waals surface area contributed by atoms with Gasteiger partial charge < -0.3 is 15.0 Å². The monoisotopic (exact) mass is 321 g/mol. The predicted octanol–water partition coefficient (Wildman–Crippen LogP) is 2.23. The van der Waals surface area contributed by atoms with Crippen LogP contribution < -0.4 is 5.32 Å². The largest absolute Gasteiger partial charge is 0.381 e. The summed E-state index contributed by atoms with van der Waals surface area (Å²) in [5, 5.41) is 3.44. The second kappa shape index (κ2) is 8.90. The molecule has 0 unspecified atom stereocenters. The van der Waals surface area contributed by atoms with E-state index in [1.165, 1.54) is 18.5 Å². The number of aromatic amines is 1. The molecule has 3 heterocycles. The summed E-state index contributed by atoms with van der Waals surface area (Å²) in [7, 11) is 0. The summed E-state index contributed by atoms with van der Waals surface area (Å²) in [6.45, 7) is 6.38. The van der Waals surface area contributed by atoms with E-state index in [1.807, 2.05) is 6.20 Å². The molecule has 6 heteroatoms. The third-order valence-electron chi connectivity index (χ3n) is 4.20. The SMILES string of the molecule is Cl.Cl.c1c[nH]c([C@@H](C2CCOCC2)N2CCNCC2)c1. The molecule has 1 aromatic rings. The summed E-state index contributed by atoms with van der Waals surface area (Å²) in [5.74, 6) is 0.732. The van der Waals surface area contributed by atoms with Crippen LogP contribution in [0.1, 0.15) is 24.6 Å². The van der Waals surface area contributed by atoms with Gasteiger partial charge in [-0.05, 0) is 30.9 Å². The fourth-order valence-electron chi connectivity index (χ4n) is 3.27. The minimum atomic E-state index is 0. The van der Waals surface area contributed by atoms with E-state index in [0.717, 1.165) is 45.3 Å². The maximum Gasteiger partial charge on any atom is 0.0529 e. The van der Waals surface area contributed by atoms with Gasteiger partial charge in [0, 0.05) is 51.3 Å². The molecule has 116 valence electrons. The van der Waals surface area contributed by atoms with Gasteiger partial charge in [-0.1, -0.05) is 0 Å². The Morgan fingerprint density at radius 3 is 2.45 bits per heavy atom. The zero-order chi connectivity index (χ0) is 12.2. The van der Waals surface area contributed by atoms with E-state index in [1.54, 1.807) is 0 Å². The third-order valence-corrected chi connectivity index (χ3v) is 4.20. The Morgan fingerprint density at radius 1 is 1.15 bits per heavy atom. The highest BCUT2D eigenvalue weighted by molar-refractivity contribution is 5.85. The molecule has 3 rings (SSSR count). The second-order valence-corrected chi connectivity index (χ2v) is 5.31. The molecule has 0 amide bonds. The summed E-state index contributed by atoms with van der Waals surface area (Å²) in [4.78, 5) is 6.07. The highest BCUT2D eigenvalue weighted by atomic mass is 35.5. The van der Waals surface area contributed by atoms with Gasteiger partial charge >= 0.3 is 0 Å². The highest BCUT2D eigenvalue weighted by Crippen LogP contribution is 2.34. The Bertz CT molecular complexity index is 331. The maximum absolute atomic E-state index is 5.51. The smallest absolute Gasteiger partial charge is 0.0529 e. The van der Waals surface area contributed by atoms with Crippen molar-refractivity contribution in [1.29, 1.82) is 0 Å². The number of rotatable bonds is 3. The number of ether oxygens (including phenoxy) is 1. The molecule has 2 fully saturated rings. The van der Waals surface area contributed by atoms with Crippen molar-refractivity contribution in [3.63, 3.8) is 0 Å². The first kappa shape index (κ1) is 17.8. The number of hydrogen-bond donors (Lipinski definition) is 2. The van der Waals surface area contributed by atoms with Crippen LogP contribution in [0.4, 0.5) is 0 Å². The van der Waals surface area contributed by atoms with Crippen LogP contribution in [0.2, 0.25) is 0 Å². The van der Waals surface area contributed by atoms with Gasteiger partial charge in [-0.3, -0.25) is 4.90 Å². The average Bonchev–Trinajstić information content (AvgIpc) is 2.95. The zero-order valence-corrected chi connectivity index (χ0v) is 13.3. The number of H-pyrrole nitrogens is 1. The van der Waals surface area contributed by atoms with Crippen molar-refractivity contribution in [3.05, 3.63) is 24.0 Å². The van der Waals surface area contributed by atoms with Crippen LogP contribution in [0.5, 0.6) is 0 Å². The Hall–Kier alpha value is -0.260. The summed E-state index contributed by atoms with van der Waals surface area (Å²) < 4.78 is 5.51. The van der Waals surface area contributed by atoms with Crippen molar-refractivity contribution < 1.29 is 4.74 Å². The van der Waals surface area contributed by atoms with E-state index >= 15 is 0 Å². The van der Waals surface area contributed by atoms with Gasteiger partial charge in [0.15, 0.2) is 0 Å². The number of halogens is 2. The minimum absolute atomic E-state index is 0. The van der Waals surface area contributed by atoms with Crippen LogP contribution in [-0.2, 0) is 4.74 Å². The molecule has 20 heavy (non-hydrogen) atoms. The van der Waals surface area contributed by atoms with E-state index in [4.69, 9.17) is 4.74 Å². The van der Waals surface area contributed by atoms with Gasteiger partial charge in [0.2, 0.25) is 0 Å². The molecule has 4 nitrogen and oxygen atoms in total. The van der Waals surface area contributed by atoms with Crippen molar-refractivity contribution in [3.8, 4) is 0 Å². The first-order valence-corrected chi connectivity index (χ1v) is 7.11. The van der Waals surface area contributed by atoms with Crippen LogP contribution in [0, 0.1) is 5.92 Å². The first-order chi connectivity index (χ1) is 8.95. The fraction of sp³-hybridized carbons (Fsp3) is 0.714. The Balaban J connectivity index is 0.000001000. The second-order valence-electron chi connectivity index (χ2n) is 5.31. The lowest BCUT2D eigenvalue weighted by molar-refractivity contribution is 0.0202. The quantitative estimate of drug-likeness (QED) is 0.897. The van der Waals surface area contributed by atoms with Crippen LogP contribution in [0.3, 0.4) is 0 Å². The number of nitrogens with zero attached hydrogens (tertiary/aromatic N) is 1. The molecule has 0 radical (unpaired) electrons. The van der Waals surface area contributed by atoms with Crippen LogP contribution >= 0.6 is 24.8 Å². The van der Waals surface area contributed by atoms with Gasteiger partial charge in [-0.2, -0.15) is 0 Å². The van der Waals surface area contributed by atoms with Gasteiger partial charge in [-0.25, -0.2) is 0 Å². The Morgan fingerprint density at radius 2 is 1.85 bits per heavy atom. The van der Waals surface area contributed by atoms with Crippen molar-refractivity contribution >= 4 is 24.8 Å². The number of nitrogens with one attached hydrogen (secondary N) is 2. The molecule has 0 bridgehead atoms. The first-order valence-electron chi connectivity index (χ1n) is 7.11. The normalized spacial score (nSPS) is 22.6. The molecule has 2 aliphatic rings. The molecule has 0 spiro atoms. The zero-order valence-electron chi connectivity index (χ0n) is 11.7. The van der Waals surface area contributed by atoms with Crippen molar-refractivity contribution in [2.75, 3.05) is 39.4 Å². The summed E-state index contributed by atoms with van der Waals surface area (Å²) in [5.41, 5.74) is 1.38. The van der Waals surface area contributed by atoms with Crippen molar-refractivity contribution in [1.82, 2.24) is 15.2 Å². The molecule has 0 saturated carbocycles. The summed E-state index contributed by atoms with van der Waals surface area (Å²) in [6, 6.07) is 4.90. The van der Waals surface area contributed by atoms with Gasteiger partial charge in [0.1, 0.15) is 0 Å². The van der Waals surface area contributed by atoms with Crippen molar-refractivity contribution in [2.45, 2.75) is 18.9 Å². The number of piperazine rings is 1. The van der Waals surface area contributed by atoms with Gasteiger partial charge in [0.05, 0.1) is 6.04 Å². The summed E-state index contributed by atoms with van der Waals surface area (Å²) in [6.07, 6.45) is 4.42. The van der Waals surface area contributed by atoms with E-state index in [9.17, 15) is 0 Å². The third kappa shape index (κ3) is 4.12. The lowest BCUT2D eigenvalue weighted by Gasteiger charge is -2.40. The molecule has 1 atom stereocenters. The molecule has 2 N–H and O–H groups in total. The number of hydrogen-bond acceptors (Lipinski definition) is 3. The molecule has 2 aliphatic heterocycles. The standard InChI is InChI=1S/C14H23N3O.2ClH/c1-2-13(16-5-1)14(12-3-10-18-11-4-12)17-8-6-15-7-9-17;;/h1-2,5,12,14-16H,3-4,6-11H2;2*1H/t14-;;/m1../s1. The molecule has 0 aliphatic carbocycles. The number of aromatic nitrogens is 1. The lowest BCUT2D eigenvalue weighted by Crippen LogP contribution is -2.47. The topological polar surface area (TPSA) is 40.3 Å². The average molecular weight is 322 g/mol. The molecular formula is C14H25Cl2N3O. The minimum Gasteiger partial charge on any atom is -0.381 e. The maximum atomic E-state index is 5.51. The van der Waals surface area contributed by atoms with E-state index in [-0.39, 0.29) is 24.8 Å². The van der Waals surface area contributed by atoms with E-state index in [0.29, 0.717) is 6.04 Å². The van der Waals surface area contributed by atoms with E-state index < -0.39 is 0 Å². The molecule has 0 aromatic carbocycles. The molecule has 2 saturated heterocycles.